The van der Waals surface area contributed by atoms with Crippen molar-refractivity contribution in [2.75, 3.05) is 109 Å². The van der Waals surface area contributed by atoms with Crippen molar-refractivity contribution < 1.29 is 42.5 Å². The maximum absolute atomic E-state index is 17.3. The zero-order valence-corrected chi connectivity index (χ0v) is 44.2. The molecule has 2 bridgehead atoms. The second kappa shape index (κ2) is 21.6. The van der Waals surface area contributed by atoms with Crippen LogP contribution in [-0.2, 0) is 9.53 Å². The Kier molecular flexibility index (Phi) is 14.7. The summed E-state index contributed by atoms with van der Waals surface area (Å²) in [7, 11) is 3.22. The number of carbonyl (C=O) groups is 3. The summed E-state index contributed by atoms with van der Waals surface area (Å²) in [6, 6.07) is 10.4. The number of nitrogens with zero attached hydrogens (tertiary/aromatic N) is 8. The number of hydrogen-bond acceptors (Lipinski definition) is 14. The highest BCUT2D eigenvalue weighted by Gasteiger charge is 2.46. The number of nitrogens with one attached hydrogen (secondary N) is 2. The van der Waals surface area contributed by atoms with Crippen LogP contribution in [0.15, 0.2) is 48.7 Å². The number of ether oxygens (including phenoxy) is 3. The summed E-state index contributed by atoms with van der Waals surface area (Å²) in [6.45, 7) is 11.6. The zero-order chi connectivity index (χ0) is 53.6. The number of likely N-dealkylation sites (tertiary alicyclic amines) is 1. The van der Waals surface area contributed by atoms with Crippen LogP contribution < -0.4 is 29.9 Å². The molecule has 2 unspecified atom stereocenters. The lowest BCUT2D eigenvalue weighted by atomic mass is 9.65. The van der Waals surface area contributed by atoms with E-state index >= 15 is 8.78 Å². The summed E-state index contributed by atoms with van der Waals surface area (Å²) in [5, 5.41) is 18.0. The Morgan fingerprint density at radius 1 is 0.948 bits per heavy atom. The number of aromatic nitrogens is 3. The number of piperidine rings is 1. The maximum atomic E-state index is 17.3. The molecule has 7 heterocycles. The van der Waals surface area contributed by atoms with Gasteiger partial charge in [0.05, 0.1) is 42.5 Å². The minimum Gasteiger partial charge on any atom is -0.508 e. The van der Waals surface area contributed by atoms with Gasteiger partial charge in [-0.3, -0.25) is 24.8 Å². The maximum Gasteiger partial charge on any atom is 0.328 e. The first-order chi connectivity index (χ1) is 37.2. The highest BCUT2D eigenvalue weighted by molar-refractivity contribution is 6.07. The quantitative estimate of drug-likeness (QED) is 0.0972. The molecule has 6 fully saturated rings. The van der Waals surface area contributed by atoms with Crippen LogP contribution >= 0.6 is 0 Å². The molecule has 406 valence electrons. The van der Waals surface area contributed by atoms with E-state index in [2.05, 4.69) is 43.2 Å². The van der Waals surface area contributed by atoms with E-state index in [-0.39, 0.29) is 87.2 Å². The molecule has 4 amide bonds. The molecule has 3 N–H and O–H groups in total. The normalized spacial score (nSPS) is 22.6. The van der Waals surface area contributed by atoms with Gasteiger partial charge in [0, 0.05) is 120 Å². The summed E-state index contributed by atoms with van der Waals surface area (Å²) in [5.41, 5.74) is 0.907. The highest BCUT2D eigenvalue weighted by atomic mass is 19.1. The van der Waals surface area contributed by atoms with Gasteiger partial charge in [-0.05, 0) is 104 Å². The number of carbonyl (C=O) groups excluding carboxylic acids is 3. The topological polar surface area (TPSA) is 178 Å². The number of amides is 4. The Morgan fingerprint density at radius 3 is 2.47 bits per heavy atom. The molecule has 3 aromatic carbocycles. The van der Waals surface area contributed by atoms with Crippen LogP contribution in [0.4, 0.5) is 25.1 Å². The number of terminal acetylenes is 1. The average Bonchev–Trinajstić information content (AvgIpc) is 3.86. The van der Waals surface area contributed by atoms with Crippen molar-refractivity contribution in [3.05, 3.63) is 71.4 Å². The number of halogens is 2. The van der Waals surface area contributed by atoms with E-state index in [4.69, 9.17) is 30.6 Å². The van der Waals surface area contributed by atoms with Crippen molar-refractivity contribution in [3.63, 3.8) is 0 Å². The number of piperazine rings is 2. The third kappa shape index (κ3) is 10.6. The largest absolute Gasteiger partial charge is 0.508 e. The zero-order valence-electron chi connectivity index (χ0n) is 44.2. The minimum absolute atomic E-state index is 0.000204. The molecule has 77 heavy (non-hydrogen) atoms. The predicted octanol–water partition coefficient (Wildman–Crippen LogP) is 6.97. The van der Waals surface area contributed by atoms with Crippen LogP contribution in [0.1, 0.15) is 80.6 Å². The van der Waals surface area contributed by atoms with Crippen LogP contribution in [0.3, 0.4) is 0 Å². The Balaban J connectivity index is 0.697. The van der Waals surface area contributed by atoms with E-state index in [0.717, 1.165) is 65.0 Å². The first-order valence-corrected chi connectivity index (χ1v) is 27.2. The number of urea groups is 1. The molecule has 3 atom stereocenters. The van der Waals surface area contributed by atoms with Gasteiger partial charge in [-0.2, -0.15) is 9.97 Å². The predicted molar refractivity (Wildman–Crippen MR) is 288 cm³/mol. The molecular weight excluding hydrogens is 987 g/mol. The van der Waals surface area contributed by atoms with Crippen molar-refractivity contribution in [2.45, 2.75) is 76.3 Å². The number of rotatable bonds is 14. The molecule has 1 spiro atoms. The van der Waals surface area contributed by atoms with Crippen LogP contribution in [0.5, 0.6) is 17.5 Å². The summed E-state index contributed by atoms with van der Waals surface area (Å²) in [5.74, 6) is 2.23. The number of benzene rings is 3. The molecular formula is C58H68F2N10O7. The summed E-state index contributed by atoms with van der Waals surface area (Å²) in [6.07, 6.45) is 16.1. The Labute approximate surface area is 447 Å². The molecule has 5 aliphatic heterocycles. The molecule has 2 aromatic heterocycles. The molecule has 1 saturated carbocycles. The van der Waals surface area contributed by atoms with E-state index in [9.17, 15) is 19.5 Å². The second-order valence-corrected chi connectivity index (χ2v) is 22.5. The summed E-state index contributed by atoms with van der Waals surface area (Å²) >= 11 is 0. The van der Waals surface area contributed by atoms with Gasteiger partial charge < -0.3 is 44.2 Å². The van der Waals surface area contributed by atoms with Crippen molar-refractivity contribution in [1.82, 2.24) is 40.3 Å². The third-order valence-corrected chi connectivity index (χ3v) is 17.3. The number of methoxy groups -OCH3 is 2. The van der Waals surface area contributed by atoms with Gasteiger partial charge in [0.25, 0.3) is 5.91 Å². The number of imide groups is 1. The van der Waals surface area contributed by atoms with Crippen LogP contribution in [-0.4, -0.2) is 164 Å². The summed E-state index contributed by atoms with van der Waals surface area (Å²) in [4.78, 5) is 63.1. The Bertz CT molecular complexity index is 3130. The number of aromatic hydroxyl groups is 1. The number of anilines is 2. The third-order valence-electron chi connectivity index (χ3n) is 17.3. The minimum atomic E-state index is -0.761. The van der Waals surface area contributed by atoms with Crippen molar-refractivity contribution in [2.24, 2.45) is 17.3 Å². The fraction of sp³-hybridized carbons (Fsp3) is 0.517. The fourth-order valence-electron chi connectivity index (χ4n) is 13.2. The lowest BCUT2D eigenvalue weighted by molar-refractivity contribution is -0.120. The van der Waals surface area contributed by atoms with Gasteiger partial charge >= 0.3 is 12.0 Å². The monoisotopic (exact) mass is 1050 g/mol. The molecule has 5 saturated heterocycles. The molecule has 11 rings (SSSR count). The lowest BCUT2D eigenvalue weighted by Gasteiger charge is -2.47. The van der Waals surface area contributed by atoms with Gasteiger partial charge in [0.15, 0.2) is 5.82 Å². The second-order valence-electron chi connectivity index (χ2n) is 22.5. The van der Waals surface area contributed by atoms with Crippen LogP contribution in [0.25, 0.3) is 32.9 Å². The molecule has 19 heteroatoms. The van der Waals surface area contributed by atoms with Gasteiger partial charge in [-0.25, -0.2) is 13.6 Å². The first-order valence-electron chi connectivity index (χ1n) is 27.2. The first kappa shape index (κ1) is 52.3. The van der Waals surface area contributed by atoms with Crippen molar-refractivity contribution in [3.8, 4) is 41.1 Å². The van der Waals surface area contributed by atoms with Gasteiger partial charge in [0.2, 0.25) is 5.91 Å². The van der Waals surface area contributed by atoms with E-state index < -0.39 is 17.7 Å². The van der Waals surface area contributed by atoms with E-state index in [1.54, 1.807) is 31.5 Å². The van der Waals surface area contributed by atoms with E-state index in [1.807, 2.05) is 4.90 Å². The van der Waals surface area contributed by atoms with Crippen molar-refractivity contribution >= 4 is 51.0 Å². The van der Waals surface area contributed by atoms with E-state index in [0.29, 0.717) is 78.9 Å². The Morgan fingerprint density at radius 2 is 1.73 bits per heavy atom. The SMILES string of the molecule is C#Cc1c(F)ccc2cc(O)cc(-c3ncc4c(N5CC6CCC(COC)(C5)N6)nc(OC[C@H](C)CN5CCN(CC6CCC7(CC6)CCN(C(=O)c6ccc(OC)c(N8CCC(=O)NC8=O)c6)CC7)CC5)nc4c3F)c12. The highest BCUT2D eigenvalue weighted by Crippen LogP contribution is 2.47. The lowest BCUT2D eigenvalue weighted by Crippen LogP contribution is -2.61. The molecule has 6 aliphatic rings. The Hall–Kier alpha value is -6.72. The standard InChI is InChI=1S/C58H68F2N10O7/c1-5-42-45(59)8-6-38-26-41(71)28-43(49(38)42)51-50(60)52-44(29-61-51)53(69-32-40-12-16-58(34-69,65-40)35-75-3)64-55(63-52)77-33-36(2)30-66-22-24-67(25-23-66)31-37-10-14-57(15-11-37)17-20-68(21-18-57)54(73)39-7-9-47(76-4)46(27-39)70-19-13-48(72)62-56(70)74/h1,6-9,26-29,36-37,40,65,71H,10-25,30-35H2,2-4H3,(H,62,72,74)/t36-,40?,58?/m1/s1. The van der Waals surface area contributed by atoms with Crippen LogP contribution in [0, 0.1) is 41.2 Å². The molecule has 5 aromatic rings. The fourth-order valence-corrected chi connectivity index (χ4v) is 13.2. The number of fused-ring (bicyclic) bond motifs is 4. The number of phenols is 1. The van der Waals surface area contributed by atoms with E-state index in [1.165, 1.54) is 62.0 Å². The summed E-state index contributed by atoms with van der Waals surface area (Å²) < 4.78 is 50.0. The number of hydrogen-bond donors (Lipinski definition) is 3. The van der Waals surface area contributed by atoms with Crippen molar-refractivity contribution in [1.29, 1.82) is 0 Å². The van der Waals surface area contributed by atoms with Gasteiger partial charge in [-0.1, -0.05) is 18.9 Å². The van der Waals surface area contributed by atoms with Gasteiger partial charge in [0.1, 0.15) is 34.3 Å². The van der Waals surface area contributed by atoms with Crippen LogP contribution in [0.2, 0.25) is 0 Å². The number of pyridine rings is 1. The molecule has 1 aliphatic carbocycles. The average molecular weight is 1060 g/mol. The molecule has 0 radical (unpaired) electrons. The van der Waals surface area contributed by atoms with Gasteiger partial charge in [-0.15, -0.1) is 6.42 Å². The molecule has 17 nitrogen and oxygen atoms in total. The smallest absolute Gasteiger partial charge is 0.328 e. The number of phenolic OH excluding ortho intramolecular Hbond substituents is 1.